The average Bonchev–Trinajstić information content (AvgIpc) is 3.32. The summed E-state index contributed by atoms with van der Waals surface area (Å²) in [6, 6.07) is 3.49. The monoisotopic (exact) mass is 379 g/mol. The number of aromatic nitrogens is 4. The molecule has 0 spiro atoms. The highest BCUT2D eigenvalue weighted by molar-refractivity contribution is 7.89. The first-order valence-corrected chi connectivity index (χ1v) is 10.6. The van der Waals surface area contributed by atoms with Gasteiger partial charge < -0.3 is 5.11 Å². The van der Waals surface area contributed by atoms with Gasteiger partial charge in [-0.05, 0) is 51.2 Å². The number of fused-ring (bicyclic) bond motifs is 1. The summed E-state index contributed by atoms with van der Waals surface area (Å²) < 4.78 is 31.3. The van der Waals surface area contributed by atoms with E-state index in [0.29, 0.717) is 43.4 Å². The molecule has 26 heavy (non-hydrogen) atoms. The van der Waals surface area contributed by atoms with Crippen LogP contribution in [0, 0.1) is 12.8 Å². The highest BCUT2D eigenvalue weighted by Gasteiger charge is 2.35. The van der Waals surface area contributed by atoms with Gasteiger partial charge in [0.15, 0.2) is 5.03 Å². The van der Waals surface area contributed by atoms with Crippen LogP contribution in [0.15, 0.2) is 17.2 Å². The fourth-order valence-electron chi connectivity index (χ4n) is 3.55. The predicted octanol–water partition coefficient (Wildman–Crippen LogP) is 1.45. The van der Waals surface area contributed by atoms with Gasteiger partial charge in [-0.1, -0.05) is 0 Å². The Balaban J connectivity index is 1.63. The summed E-state index contributed by atoms with van der Waals surface area (Å²) in [6.07, 6.45) is 2.21. The lowest BCUT2D eigenvalue weighted by atomic mass is 10.1. The number of aryl methyl sites for hydroxylation is 3. The molecule has 1 saturated carbocycles. The zero-order chi connectivity index (χ0) is 18.5. The molecule has 2 aromatic heterocycles. The number of hydrogen-bond acceptors (Lipinski definition) is 5. The van der Waals surface area contributed by atoms with Crippen LogP contribution in [0.1, 0.15) is 49.4 Å². The maximum Gasteiger partial charge on any atom is 0.260 e. The Labute approximate surface area is 153 Å². The zero-order valence-corrected chi connectivity index (χ0v) is 16.0. The number of aliphatic hydroxyl groups excluding tert-OH is 1. The van der Waals surface area contributed by atoms with Crippen LogP contribution in [-0.2, 0) is 29.7 Å². The van der Waals surface area contributed by atoms with Crippen LogP contribution in [0.3, 0.4) is 0 Å². The molecule has 1 atom stereocenters. The topological polar surface area (TPSA) is 93.3 Å². The SMILES string of the molecule is CCn1nc(C)cc1S(=O)(=O)N1CCCn2nc(C(O)C3CC3)cc2C1. The van der Waals surface area contributed by atoms with E-state index < -0.39 is 16.1 Å². The van der Waals surface area contributed by atoms with Crippen molar-refractivity contribution in [2.45, 2.75) is 63.9 Å². The fraction of sp³-hybridized carbons (Fsp3) is 0.647. The molecule has 1 unspecified atom stereocenters. The number of rotatable bonds is 5. The molecular weight excluding hydrogens is 354 g/mol. The van der Waals surface area contributed by atoms with Gasteiger partial charge in [-0.3, -0.25) is 9.36 Å². The van der Waals surface area contributed by atoms with Crippen molar-refractivity contribution < 1.29 is 13.5 Å². The summed E-state index contributed by atoms with van der Waals surface area (Å²) >= 11 is 0. The standard InChI is InChI=1S/C17H25N5O3S/c1-3-21-16(9-12(2)18-21)26(24,25)20-7-4-8-22-14(11-20)10-15(19-22)17(23)13-5-6-13/h9-10,13,17,23H,3-8,11H2,1-2H3. The molecule has 0 bridgehead atoms. The van der Waals surface area contributed by atoms with Crippen molar-refractivity contribution in [2.24, 2.45) is 5.92 Å². The van der Waals surface area contributed by atoms with E-state index in [2.05, 4.69) is 10.2 Å². The van der Waals surface area contributed by atoms with Gasteiger partial charge >= 0.3 is 0 Å². The lowest BCUT2D eigenvalue weighted by molar-refractivity contribution is 0.148. The highest BCUT2D eigenvalue weighted by atomic mass is 32.2. The first kappa shape index (κ1) is 17.7. The molecule has 2 aliphatic rings. The van der Waals surface area contributed by atoms with Crippen LogP contribution >= 0.6 is 0 Å². The molecule has 3 heterocycles. The lowest BCUT2D eigenvalue weighted by Crippen LogP contribution is -2.32. The Hall–Kier alpha value is -1.71. The molecule has 1 aliphatic carbocycles. The third-order valence-corrected chi connectivity index (χ3v) is 6.99. The van der Waals surface area contributed by atoms with E-state index in [0.717, 1.165) is 18.5 Å². The second-order valence-electron chi connectivity index (χ2n) is 7.20. The van der Waals surface area contributed by atoms with Gasteiger partial charge in [-0.15, -0.1) is 0 Å². The van der Waals surface area contributed by atoms with Crippen LogP contribution in [0.4, 0.5) is 0 Å². The van der Waals surface area contributed by atoms with Crippen molar-refractivity contribution >= 4 is 10.0 Å². The summed E-state index contributed by atoms with van der Waals surface area (Å²) in [5, 5.41) is 19.4. The first-order valence-electron chi connectivity index (χ1n) is 9.19. The second-order valence-corrected chi connectivity index (χ2v) is 9.08. The summed E-state index contributed by atoms with van der Waals surface area (Å²) in [6.45, 7) is 5.56. The first-order chi connectivity index (χ1) is 12.4. The van der Waals surface area contributed by atoms with Crippen molar-refractivity contribution in [3.63, 3.8) is 0 Å². The van der Waals surface area contributed by atoms with Gasteiger partial charge in [-0.2, -0.15) is 14.5 Å². The molecular formula is C17H25N5O3S. The molecule has 4 rings (SSSR count). The van der Waals surface area contributed by atoms with Gasteiger partial charge in [0.1, 0.15) is 6.10 Å². The third-order valence-electron chi connectivity index (χ3n) is 5.14. The van der Waals surface area contributed by atoms with E-state index in [1.54, 1.807) is 13.0 Å². The summed E-state index contributed by atoms with van der Waals surface area (Å²) in [7, 11) is -3.63. The molecule has 2 aromatic rings. The molecule has 8 nitrogen and oxygen atoms in total. The fourth-order valence-corrected chi connectivity index (χ4v) is 5.24. The van der Waals surface area contributed by atoms with Crippen LogP contribution in [-0.4, -0.2) is 43.9 Å². The van der Waals surface area contributed by atoms with E-state index in [-0.39, 0.29) is 11.6 Å². The van der Waals surface area contributed by atoms with E-state index in [1.165, 1.54) is 8.99 Å². The van der Waals surface area contributed by atoms with Gasteiger partial charge in [0, 0.05) is 19.6 Å². The molecule has 0 radical (unpaired) electrons. The molecule has 1 aliphatic heterocycles. The van der Waals surface area contributed by atoms with E-state index in [1.807, 2.05) is 17.7 Å². The average molecular weight is 379 g/mol. The minimum absolute atomic E-state index is 0.240. The Bertz CT molecular complexity index is 913. The maximum atomic E-state index is 13.2. The quantitative estimate of drug-likeness (QED) is 0.849. The molecule has 0 amide bonds. The predicted molar refractivity (Wildman–Crippen MR) is 94.8 cm³/mol. The Kier molecular flexibility index (Phi) is 4.40. The minimum Gasteiger partial charge on any atom is -0.386 e. The summed E-state index contributed by atoms with van der Waals surface area (Å²) in [4.78, 5) is 0. The van der Waals surface area contributed by atoms with Crippen molar-refractivity contribution in [1.29, 1.82) is 0 Å². The van der Waals surface area contributed by atoms with Gasteiger partial charge in [0.05, 0.1) is 23.6 Å². The second kappa shape index (κ2) is 6.47. The molecule has 1 N–H and O–H groups in total. The Morgan fingerprint density at radius 3 is 2.73 bits per heavy atom. The number of sulfonamides is 1. The van der Waals surface area contributed by atoms with Crippen molar-refractivity contribution in [2.75, 3.05) is 6.54 Å². The van der Waals surface area contributed by atoms with Crippen molar-refractivity contribution in [1.82, 2.24) is 23.9 Å². The van der Waals surface area contributed by atoms with Gasteiger partial charge in [-0.25, -0.2) is 8.42 Å². The maximum absolute atomic E-state index is 13.2. The number of hydrogen-bond donors (Lipinski definition) is 1. The largest absolute Gasteiger partial charge is 0.386 e. The third kappa shape index (κ3) is 3.08. The van der Waals surface area contributed by atoms with E-state index in [9.17, 15) is 13.5 Å². The zero-order valence-electron chi connectivity index (χ0n) is 15.2. The van der Waals surface area contributed by atoms with Gasteiger partial charge in [0.2, 0.25) is 0 Å². The Morgan fingerprint density at radius 1 is 1.27 bits per heavy atom. The normalized spacial score (nSPS) is 20.0. The summed E-state index contributed by atoms with van der Waals surface area (Å²) in [5.41, 5.74) is 2.19. The molecule has 1 fully saturated rings. The van der Waals surface area contributed by atoms with Crippen LogP contribution in [0.2, 0.25) is 0 Å². The number of aliphatic hydroxyl groups is 1. The smallest absolute Gasteiger partial charge is 0.260 e. The summed E-state index contributed by atoms with van der Waals surface area (Å²) in [5.74, 6) is 0.302. The number of nitrogens with zero attached hydrogens (tertiary/aromatic N) is 5. The van der Waals surface area contributed by atoms with E-state index in [4.69, 9.17) is 0 Å². The molecule has 0 saturated heterocycles. The molecule has 9 heteroatoms. The van der Waals surface area contributed by atoms with Crippen molar-refractivity contribution in [3.05, 3.63) is 29.2 Å². The van der Waals surface area contributed by atoms with E-state index >= 15 is 0 Å². The van der Waals surface area contributed by atoms with Gasteiger partial charge in [0.25, 0.3) is 10.0 Å². The Morgan fingerprint density at radius 2 is 2.04 bits per heavy atom. The minimum atomic E-state index is -3.63. The van der Waals surface area contributed by atoms with Crippen LogP contribution in [0.25, 0.3) is 0 Å². The molecule has 142 valence electrons. The lowest BCUT2D eigenvalue weighted by Gasteiger charge is -2.19. The molecule has 0 aromatic carbocycles. The van der Waals surface area contributed by atoms with Crippen LogP contribution in [0.5, 0.6) is 0 Å². The highest BCUT2D eigenvalue weighted by Crippen LogP contribution is 2.40. The van der Waals surface area contributed by atoms with Crippen LogP contribution < -0.4 is 0 Å². The van der Waals surface area contributed by atoms with Crippen molar-refractivity contribution in [3.8, 4) is 0 Å².